The highest BCUT2D eigenvalue weighted by atomic mass is 32.2. The van der Waals surface area contributed by atoms with Gasteiger partial charge in [0.1, 0.15) is 5.82 Å². The molecule has 3 heterocycles. The number of fused-ring (bicyclic) bond motifs is 1. The largest absolute Gasteiger partial charge is 0.347 e. The number of halogens is 1. The molecule has 0 N–H and O–H groups in total. The van der Waals surface area contributed by atoms with Gasteiger partial charge in [0.25, 0.3) is 11.8 Å². The maximum atomic E-state index is 13.6. The Kier molecular flexibility index (Phi) is 7.29. The maximum Gasteiger partial charge on any atom is 0.260 e. The zero-order valence-corrected chi connectivity index (χ0v) is 22.3. The molecule has 2 atom stereocenters. The third-order valence-electron chi connectivity index (χ3n) is 8.17. The van der Waals surface area contributed by atoms with E-state index in [0.717, 1.165) is 35.3 Å². The second-order valence-electron chi connectivity index (χ2n) is 10.6. The first-order valence-corrected chi connectivity index (χ1v) is 14.5. The van der Waals surface area contributed by atoms with E-state index in [1.807, 2.05) is 40.1 Å². The molecule has 200 valence electrons. The molecule has 8 heteroatoms. The van der Waals surface area contributed by atoms with Crippen LogP contribution < -0.4 is 0 Å². The lowest BCUT2D eigenvalue weighted by Gasteiger charge is -2.44. The summed E-state index contributed by atoms with van der Waals surface area (Å²) in [6.45, 7) is 2.96. The van der Waals surface area contributed by atoms with Gasteiger partial charge in [-0.1, -0.05) is 37.1 Å². The molecule has 1 aliphatic carbocycles. The van der Waals surface area contributed by atoms with Crippen molar-refractivity contribution in [2.45, 2.75) is 62.1 Å². The van der Waals surface area contributed by atoms with Gasteiger partial charge < -0.3 is 19.3 Å². The van der Waals surface area contributed by atoms with Crippen LogP contribution in [0.4, 0.5) is 4.39 Å². The monoisotopic (exact) mass is 536 g/mol. The van der Waals surface area contributed by atoms with Gasteiger partial charge in [0.2, 0.25) is 0 Å². The van der Waals surface area contributed by atoms with Gasteiger partial charge in [0.05, 0.1) is 18.1 Å². The zero-order chi connectivity index (χ0) is 26.1. The Morgan fingerprint density at radius 1 is 1.00 bits per heavy atom. The SMILES string of the molecule is O=C(c1ccc(/C=C2\SC3CCCCC3N(Cc3ccc(F)cc3)C2=O)cc1)N1CCC2(CC1)OCCO2. The highest BCUT2D eigenvalue weighted by Gasteiger charge is 2.42. The van der Waals surface area contributed by atoms with E-state index in [9.17, 15) is 14.0 Å². The predicted molar refractivity (Wildman–Crippen MR) is 145 cm³/mol. The summed E-state index contributed by atoms with van der Waals surface area (Å²) in [6.07, 6.45) is 7.72. The van der Waals surface area contributed by atoms with Crippen LogP contribution in [0.15, 0.2) is 53.4 Å². The van der Waals surface area contributed by atoms with Crippen LogP contribution in [0.25, 0.3) is 6.08 Å². The number of piperidine rings is 1. The van der Waals surface area contributed by atoms with Gasteiger partial charge in [0, 0.05) is 49.3 Å². The standard InChI is InChI=1S/C30H33FN2O4S/c31-24-11-7-22(8-12-24)20-33-25-3-1-2-4-26(25)38-27(29(33)35)19-21-5-9-23(10-6-21)28(34)32-15-13-30(14-16-32)36-17-18-37-30/h5-12,19,25-26H,1-4,13-18,20H2/b27-19-. The van der Waals surface area contributed by atoms with Crippen LogP contribution in [-0.4, -0.2) is 65.0 Å². The van der Waals surface area contributed by atoms with Crippen molar-refractivity contribution < 1.29 is 23.5 Å². The summed E-state index contributed by atoms with van der Waals surface area (Å²) in [6, 6.07) is 14.2. The fraction of sp³-hybridized carbons (Fsp3) is 0.467. The lowest BCUT2D eigenvalue weighted by atomic mass is 9.92. The molecule has 0 bridgehead atoms. The maximum absolute atomic E-state index is 13.6. The van der Waals surface area contributed by atoms with Crippen molar-refractivity contribution in [1.82, 2.24) is 9.80 Å². The van der Waals surface area contributed by atoms with Gasteiger partial charge in [-0.05, 0) is 54.3 Å². The molecule has 0 aromatic heterocycles. The molecule has 1 spiro atoms. The highest BCUT2D eigenvalue weighted by molar-refractivity contribution is 8.04. The van der Waals surface area contributed by atoms with Crippen LogP contribution in [0.3, 0.4) is 0 Å². The van der Waals surface area contributed by atoms with Crippen LogP contribution in [0, 0.1) is 5.82 Å². The van der Waals surface area contributed by atoms with E-state index in [2.05, 4.69) is 0 Å². The van der Waals surface area contributed by atoms with Gasteiger partial charge in [-0.2, -0.15) is 0 Å². The van der Waals surface area contributed by atoms with E-state index in [1.54, 1.807) is 23.9 Å². The summed E-state index contributed by atoms with van der Waals surface area (Å²) >= 11 is 1.69. The second-order valence-corrected chi connectivity index (χ2v) is 11.9. The van der Waals surface area contributed by atoms with Crippen molar-refractivity contribution in [2.24, 2.45) is 0 Å². The van der Waals surface area contributed by atoms with Gasteiger partial charge >= 0.3 is 0 Å². The first-order valence-electron chi connectivity index (χ1n) is 13.6. The molecule has 2 aromatic rings. The van der Waals surface area contributed by atoms with Crippen molar-refractivity contribution in [3.63, 3.8) is 0 Å². The number of ether oxygens (including phenoxy) is 2. The summed E-state index contributed by atoms with van der Waals surface area (Å²) in [4.78, 5) is 31.3. The fourth-order valence-corrected chi connectivity index (χ4v) is 7.51. The van der Waals surface area contributed by atoms with E-state index in [4.69, 9.17) is 9.47 Å². The lowest BCUT2D eigenvalue weighted by molar-refractivity contribution is -0.181. The number of amides is 2. The number of carbonyl (C=O) groups excluding carboxylic acids is 2. The van der Waals surface area contributed by atoms with Crippen molar-refractivity contribution >= 4 is 29.7 Å². The first kappa shape index (κ1) is 25.6. The predicted octanol–water partition coefficient (Wildman–Crippen LogP) is 5.23. The molecule has 3 saturated heterocycles. The number of hydrogen-bond donors (Lipinski definition) is 0. The van der Waals surface area contributed by atoms with Crippen LogP contribution in [0.1, 0.15) is 60.0 Å². The molecule has 1 saturated carbocycles. The summed E-state index contributed by atoms with van der Waals surface area (Å²) < 4.78 is 25.0. The third kappa shape index (κ3) is 5.26. The molecule has 3 aliphatic heterocycles. The zero-order valence-electron chi connectivity index (χ0n) is 21.4. The first-order chi connectivity index (χ1) is 18.5. The number of hydrogen-bond acceptors (Lipinski definition) is 5. The normalized spacial score (nSPS) is 26.1. The fourth-order valence-electron chi connectivity index (χ4n) is 6.04. The van der Waals surface area contributed by atoms with Crippen LogP contribution in [-0.2, 0) is 20.8 Å². The number of benzene rings is 2. The average Bonchev–Trinajstić information content (AvgIpc) is 3.40. The molecule has 4 aliphatic rings. The smallest absolute Gasteiger partial charge is 0.260 e. The van der Waals surface area contributed by atoms with Crippen molar-refractivity contribution in [3.05, 3.63) is 75.9 Å². The Balaban J connectivity index is 1.16. The average molecular weight is 537 g/mol. The van der Waals surface area contributed by atoms with Crippen molar-refractivity contribution in [1.29, 1.82) is 0 Å². The molecule has 2 unspecified atom stereocenters. The molecule has 38 heavy (non-hydrogen) atoms. The molecule has 4 fully saturated rings. The third-order valence-corrected chi connectivity index (χ3v) is 9.56. The summed E-state index contributed by atoms with van der Waals surface area (Å²) in [5.41, 5.74) is 2.48. The van der Waals surface area contributed by atoms with Gasteiger partial charge in [0.15, 0.2) is 5.79 Å². The molecule has 0 radical (unpaired) electrons. The second kappa shape index (κ2) is 10.8. The van der Waals surface area contributed by atoms with E-state index < -0.39 is 5.79 Å². The Hall–Kier alpha value is -2.68. The minimum atomic E-state index is -0.501. The topological polar surface area (TPSA) is 59.1 Å². The van der Waals surface area contributed by atoms with E-state index in [0.29, 0.717) is 56.5 Å². The number of carbonyl (C=O) groups is 2. The highest BCUT2D eigenvalue weighted by Crippen LogP contribution is 2.42. The number of nitrogens with zero attached hydrogens (tertiary/aromatic N) is 2. The van der Waals surface area contributed by atoms with E-state index in [1.165, 1.54) is 18.6 Å². The van der Waals surface area contributed by atoms with Gasteiger partial charge in [-0.25, -0.2) is 4.39 Å². The summed E-state index contributed by atoms with van der Waals surface area (Å²) in [5, 5.41) is 0.365. The van der Waals surface area contributed by atoms with E-state index in [-0.39, 0.29) is 23.7 Å². The van der Waals surface area contributed by atoms with Crippen LogP contribution >= 0.6 is 11.8 Å². The molecule has 6 nitrogen and oxygen atoms in total. The Bertz CT molecular complexity index is 1200. The van der Waals surface area contributed by atoms with Crippen LogP contribution in [0.2, 0.25) is 0 Å². The lowest BCUT2D eigenvalue weighted by Crippen LogP contribution is -2.50. The van der Waals surface area contributed by atoms with Crippen LogP contribution in [0.5, 0.6) is 0 Å². The number of likely N-dealkylation sites (tertiary alicyclic amines) is 1. The Morgan fingerprint density at radius 3 is 2.39 bits per heavy atom. The summed E-state index contributed by atoms with van der Waals surface area (Å²) in [7, 11) is 0. The minimum absolute atomic E-state index is 0.00990. The Labute approximate surface area is 227 Å². The number of thioether (sulfide) groups is 1. The molecule has 2 aromatic carbocycles. The van der Waals surface area contributed by atoms with Crippen molar-refractivity contribution in [3.8, 4) is 0 Å². The van der Waals surface area contributed by atoms with Crippen molar-refractivity contribution in [2.75, 3.05) is 26.3 Å². The molecular formula is C30H33FN2O4S. The van der Waals surface area contributed by atoms with Gasteiger partial charge in [-0.15, -0.1) is 11.8 Å². The Morgan fingerprint density at radius 2 is 1.68 bits per heavy atom. The van der Waals surface area contributed by atoms with Gasteiger partial charge in [-0.3, -0.25) is 9.59 Å². The molecule has 6 rings (SSSR count). The molecule has 2 amide bonds. The quantitative estimate of drug-likeness (QED) is 0.501. The minimum Gasteiger partial charge on any atom is -0.347 e. The summed E-state index contributed by atoms with van der Waals surface area (Å²) in [5.74, 6) is -0.732. The number of rotatable bonds is 4. The molecular weight excluding hydrogens is 503 g/mol. The van der Waals surface area contributed by atoms with E-state index >= 15 is 0 Å².